The molecule has 0 aromatic heterocycles. The first-order chi connectivity index (χ1) is 13.5. The van der Waals surface area contributed by atoms with Crippen LogP contribution in [0.4, 0.5) is 4.79 Å². The van der Waals surface area contributed by atoms with Crippen molar-refractivity contribution >= 4 is 17.7 Å². The normalized spacial score (nSPS) is 21.2. The Hall–Kier alpha value is -3.35. The predicted molar refractivity (Wildman–Crippen MR) is 100 cm³/mol. The van der Waals surface area contributed by atoms with E-state index in [1.54, 1.807) is 55.5 Å². The van der Waals surface area contributed by atoms with Crippen LogP contribution in [0.5, 0.6) is 11.5 Å². The highest BCUT2D eigenvalue weighted by molar-refractivity contribution is 6.11. The van der Waals surface area contributed by atoms with Crippen LogP contribution in [0.15, 0.2) is 48.5 Å². The maximum atomic E-state index is 13.1. The number of carbonyl (C=O) groups excluding carboxylic acids is 3. The van der Waals surface area contributed by atoms with Crippen molar-refractivity contribution in [2.75, 3.05) is 19.8 Å². The van der Waals surface area contributed by atoms with Crippen LogP contribution in [0.2, 0.25) is 0 Å². The molecule has 3 amide bonds. The number of imide groups is 1. The van der Waals surface area contributed by atoms with Crippen molar-refractivity contribution in [3.05, 3.63) is 59.7 Å². The Kier molecular flexibility index (Phi) is 4.50. The van der Waals surface area contributed by atoms with Gasteiger partial charge in [-0.25, -0.2) is 4.79 Å². The Morgan fingerprint density at radius 1 is 1.07 bits per heavy atom. The second kappa shape index (κ2) is 6.99. The van der Waals surface area contributed by atoms with E-state index >= 15 is 0 Å². The van der Waals surface area contributed by atoms with E-state index in [4.69, 9.17) is 9.47 Å². The molecule has 0 radical (unpaired) electrons. The molecular weight excluding hydrogens is 360 g/mol. The lowest BCUT2D eigenvalue weighted by Gasteiger charge is -2.23. The third-order valence-electron chi connectivity index (χ3n) is 5.00. The second-order valence-electron chi connectivity index (χ2n) is 6.95. The molecule has 0 unspecified atom stereocenters. The van der Waals surface area contributed by atoms with E-state index in [-0.39, 0.29) is 12.3 Å². The van der Waals surface area contributed by atoms with Crippen molar-refractivity contribution in [1.82, 2.24) is 10.2 Å². The van der Waals surface area contributed by atoms with Gasteiger partial charge in [-0.05, 0) is 24.6 Å². The van der Waals surface area contributed by atoms with E-state index in [9.17, 15) is 14.4 Å². The van der Waals surface area contributed by atoms with Crippen molar-refractivity contribution in [1.29, 1.82) is 0 Å². The molecule has 1 saturated heterocycles. The van der Waals surface area contributed by atoms with Gasteiger partial charge in [0.15, 0.2) is 17.3 Å². The summed E-state index contributed by atoms with van der Waals surface area (Å²) in [6, 6.07) is 13.2. The van der Waals surface area contributed by atoms with Gasteiger partial charge in [-0.15, -0.1) is 0 Å². The quantitative estimate of drug-likeness (QED) is 0.651. The molecule has 0 spiro atoms. The van der Waals surface area contributed by atoms with Gasteiger partial charge >= 0.3 is 6.03 Å². The van der Waals surface area contributed by atoms with Crippen LogP contribution in [0.25, 0.3) is 0 Å². The summed E-state index contributed by atoms with van der Waals surface area (Å²) in [5.41, 5.74) is -0.254. The summed E-state index contributed by atoms with van der Waals surface area (Å²) < 4.78 is 11.3. The van der Waals surface area contributed by atoms with Gasteiger partial charge in [-0.3, -0.25) is 14.5 Å². The number of ether oxygens (including phenoxy) is 2. The van der Waals surface area contributed by atoms with Crippen LogP contribution < -0.4 is 14.8 Å². The Labute approximate surface area is 162 Å². The van der Waals surface area contributed by atoms with Crippen LogP contribution >= 0.6 is 0 Å². The summed E-state index contributed by atoms with van der Waals surface area (Å²) in [6.45, 7) is 2.40. The molecule has 2 aromatic rings. The first-order valence-electron chi connectivity index (χ1n) is 9.11. The van der Waals surface area contributed by atoms with Gasteiger partial charge in [-0.2, -0.15) is 0 Å². The van der Waals surface area contributed by atoms with Crippen LogP contribution in [-0.2, 0) is 10.3 Å². The van der Waals surface area contributed by atoms with Gasteiger partial charge in [0.25, 0.3) is 5.91 Å². The third kappa shape index (κ3) is 3.09. The van der Waals surface area contributed by atoms with Crippen LogP contribution in [0.3, 0.4) is 0 Å². The molecule has 28 heavy (non-hydrogen) atoms. The lowest BCUT2D eigenvalue weighted by atomic mass is 9.91. The fourth-order valence-electron chi connectivity index (χ4n) is 3.37. The molecule has 2 heterocycles. The number of hydrogen-bond acceptors (Lipinski definition) is 5. The van der Waals surface area contributed by atoms with E-state index < -0.39 is 17.5 Å². The maximum absolute atomic E-state index is 13.1. The van der Waals surface area contributed by atoms with Crippen LogP contribution in [0.1, 0.15) is 29.3 Å². The van der Waals surface area contributed by atoms with Crippen molar-refractivity contribution in [3.63, 3.8) is 0 Å². The number of ketones is 1. The second-order valence-corrected chi connectivity index (χ2v) is 6.95. The molecule has 1 fully saturated rings. The largest absolute Gasteiger partial charge is 0.490 e. The molecule has 144 valence electrons. The van der Waals surface area contributed by atoms with Crippen LogP contribution in [0, 0.1) is 0 Å². The Bertz CT molecular complexity index is 943. The highest BCUT2D eigenvalue weighted by Crippen LogP contribution is 2.36. The molecule has 7 heteroatoms. The summed E-state index contributed by atoms with van der Waals surface area (Å²) in [4.78, 5) is 38.9. The van der Waals surface area contributed by atoms with E-state index in [1.807, 2.05) is 0 Å². The van der Waals surface area contributed by atoms with Gasteiger partial charge in [0, 0.05) is 12.0 Å². The minimum Gasteiger partial charge on any atom is -0.490 e. The fourth-order valence-corrected chi connectivity index (χ4v) is 3.37. The van der Waals surface area contributed by atoms with Gasteiger partial charge in [0.05, 0.1) is 19.8 Å². The zero-order valence-corrected chi connectivity index (χ0v) is 15.4. The number of carbonyl (C=O) groups is 3. The number of hydrogen-bond donors (Lipinski definition) is 1. The van der Waals surface area contributed by atoms with Gasteiger partial charge in [-0.1, -0.05) is 36.4 Å². The molecule has 0 aliphatic carbocycles. The first-order valence-corrected chi connectivity index (χ1v) is 9.11. The van der Waals surface area contributed by atoms with E-state index in [0.29, 0.717) is 35.8 Å². The summed E-state index contributed by atoms with van der Waals surface area (Å²) in [5.74, 6) is 0.373. The molecule has 1 N–H and O–H groups in total. The average molecular weight is 380 g/mol. The van der Waals surface area contributed by atoms with Crippen molar-refractivity contribution in [2.45, 2.75) is 18.9 Å². The Morgan fingerprint density at radius 3 is 2.54 bits per heavy atom. The molecule has 0 saturated carbocycles. The summed E-state index contributed by atoms with van der Waals surface area (Å²) in [6.07, 6.45) is 0.770. The van der Waals surface area contributed by atoms with Gasteiger partial charge in [0.2, 0.25) is 0 Å². The molecular formula is C21H20N2O5. The molecule has 4 rings (SSSR count). The maximum Gasteiger partial charge on any atom is 0.325 e. The topological polar surface area (TPSA) is 84.9 Å². The van der Waals surface area contributed by atoms with Crippen molar-refractivity contribution in [2.24, 2.45) is 0 Å². The number of amides is 3. The number of benzene rings is 2. The fraction of sp³-hybridized carbons (Fsp3) is 0.286. The lowest BCUT2D eigenvalue weighted by Crippen LogP contribution is -2.41. The first kappa shape index (κ1) is 18.0. The van der Waals surface area contributed by atoms with Gasteiger partial charge < -0.3 is 14.8 Å². The molecule has 2 aliphatic rings. The standard InChI is InChI=1S/C21H20N2O5/c1-21(15-8-9-17-18(12-15)28-11-5-10-27-17)19(25)23(20(26)22-21)13-16(24)14-6-3-2-4-7-14/h2-4,6-9,12H,5,10-11,13H2,1H3,(H,22,26)/t21-/m1/s1. The molecule has 7 nitrogen and oxygen atoms in total. The lowest BCUT2D eigenvalue weighted by molar-refractivity contribution is -0.130. The summed E-state index contributed by atoms with van der Waals surface area (Å²) in [5, 5.41) is 2.71. The number of nitrogens with one attached hydrogen (secondary N) is 1. The minimum atomic E-state index is -1.28. The zero-order chi connectivity index (χ0) is 19.7. The SMILES string of the molecule is C[C@]1(c2ccc3c(c2)OCCCO3)NC(=O)N(CC(=O)c2ccccc2)C1=O. The summed E-state index contributed by atoms with van der Waals surface area (Å²) in [7, 11) is 0. The molecule has 1 atom stereocenters. The average Bonchev–Trinajstić information content (AvgIpc) is 2.88. The zero-order valence-electron chi connectivity index (χ0n) is 15.4. The van der Waals surface area contributed by atoms with E-state index in [0.717, 1.165) is 11.3 Å². The predicted octanol–water partition coefficient (Wildman–Crippen LogP) is 2.50. The minimum absolute atomic E-state index is 0.299. The highest BCUT2D eigenvalue weighted by Gasteiger charge is 2.49. The molecule has 0 bridgehead atoms. The summed E-state index contributed by atoms with van der Waals surface area (Å²) >= 11 is 0. The third-order valence-corrected chi connectivity index (χ3v) is 5.00. The molecule has 2 aromatic carbocycles. The van der Waals surface area contributed by atoms with Crippen molar-refractivity contribution in [3.8, 4) is 11.5 Å². The number of fused-ring (bicyclic) bond motifs is 1. The molecule has 2 aliphatic heterocycles. The number of Topliss-reactive ketones (excluding diaryl/α,β-unsaturated/α-hetero) is 1. The van der Waals surface area contributed by atoms with E-state index in [2.05, 4.69) is 5.32 Å². The van der Waals surface area contributed by atoms with Crippen LogP contribution in [-0.4, -0.2) is 42.4 Å². The Morgan fingerprint density at radius 2 is 1.79 bits per heavy atom. The van der Waals surface area contributed by atoms with E-state index in [1.165, 1.54) is 0 Å². The smallest absolute Gasteiger partial charge is 0.325 e. The monoisotopic (exact) mass is 380 g/mol. The Balaban J connectivity index is 1.59. The highest BCUT2D eigenvalue weighted by atomic mass is 16.5. The van der Waals surface area contributed by atoms with Gasteiger partial charge in [0.1, 0.15) is 5.54 Å². The number of nitrogens with zero attached hydrogens (tertiary/aromatic N) is 1. The van der Waals surface area contributed by atoms with Crippen molar-refractivity contribution < 1.29 is 23.9 Å². The number of rotatable bonds is 4. The number of urea groups is 1.